The number of halogens is 4. The van der Waals surface area contributed by atoms with Crippen molar-refractivity contribution in [3.8, 4) is 11.4 Å². The van der Waals surface area contributed by atoms with Gasteiger partial charge in [-0.2, -0.15) is 20.4 Å². The van der Waals surface area contributed by atoms with Crippen LogP contribution in [0.3, 0.4) is 0 Å². The van der Waals surface area contributed by atoms with Crippen molar-refractivity contribution in [3.63, 3.8) is 0 Å². The summed E-state index contributed by atoms with van der Waals surface area (Å²) in [4.78, 5) is 0. The summed E-state index contributed by atoms with van der Waals surface area (Å²) in [5.41, 5.74) is 9.04. The second-order valence-electron chi connectivity index (χ2n) is 13.8. The zero-order chi connectivity index (χ0) is 36.0. The van der Waals surface area contributed by atoms with E-state index in [4.69, 9.17) is 0 Å². The zero-order valence-electron chi connectivity index (χ0n) is 29.0. The molecule has 2 aromatic carbocycles. The van der Waals surface area contributed by atoms with Crippen molar-refractivity contribution in [2.24, 2.45) is 11.8 Å². The lowest BCUT2D eigenvalue weighted by Crippen LogP contribution is -2.10. The van der Waals surface area contributed by atoms with Crippen LogP contribution >= 0.6 is 45.2 Å². The van der Waals surface area contributed by atoms with Crippen LogP contribution in [0, 0.1) is 58.3 Å². The molecule has 2 aliphatic rings. The van der Waals surface area contributed by atoms with Crippen molar-refractivity contribution in [1.29, 1.82) is 0 Å². The summed E-state index contributed by atoms with van der Waals surface area (Å²) < 4.78 is 36.1. The number of aliphatic hydroxyl groups excluding tert-OH is 1. The maximum Gasteiger partial charge on any atom is 0.124 e. The largest absolute Gasteiger partial charge is 0.382 e. The van der Waals surface area contributed by atoms with Gasteiger partial charge < -0.3 is 5.11 Å². The van der Waals surface area contributed by atoms with Gasteiger partial charge in [-0.05, 0) is 164 Å². The quantitative estimate of drug-likeness (QED) is 0.140. The summed E-state index contributed by atoms with van der Waals surface area (Å²) in [6.07, 6.45) is 9.18. The summed E-state index contributed by atoms with van der Waals surface area (Å²) in [6.45, 7) is 9.77. The van der Waals surface area contributed by atoms with E-state index < -0.39 is 6.10 Å². The minimum Gasteiger partial charge on any atom is -0.382 e. The number of aryl methyl sites for hydroxylation is 4. The van der Waals surface area contributed by atoms with Crippen LogP contribution in [-0.2, 0) is 19.5 Å². The molecule has 2 aliphatic carbocycles. The Labute approximate surface area is 323 Å². The summed E-state index contributed by atoms with van der Waals surface area (Å²) >= 11 is 4.25. The van der Waals surface area contributed by atoms with Crippen molar-refractivity contribution in [2.75, 3.05) is 0 Å². The summed E-state index contributed by atoms with van der Waals surface area (Å²) in [6, 6.07) is 13.3. The molecule has 1 unspecified atom stereocenters. The van der Waals surface area contributed by atoms with Gasteiger partial charge in [0.05, 0.1) is 39.8 Å². The van der Waals surface area contributed by atoms with Crippen LogP contribution in [0.25, 0.3) is 11.4 Å². The zero-order valence-corrected chi connectivity index (χ0v) is 33.3. The summed E-state index contributed by atoms with van der Waals surface area (Å²) in [5.74, 6) is 1.01. The molecule has 0 amide bonds. The Morgan fingerprint density at radius 1 is 0.706 bits per heavy atom. The van der Waals surface area contributed by atoms with Crippen LogP contribution < -0.4 is 0 Å². The molecule has 0 aliphatic heterocycles. The fraction of sp³-hybridized carbons (Fsp3) is 0.368. The van der Waals surface area contributed by atoms with Gasteiger partial charge in [0.2, 0.25) is 0 Å². The molecule has 2 saturated carbocycles. The second-order valence-corrected chi connectivity index (χ2v) is 16.1. The Bertz CT molecular complexity index is 2190. The third kappa shape index (κ3) is 8.46. The van der Waals surface area contributed by atoms with Gasteiger partial charge in [-0.15, -0.1) is 0 Å². The Hall–Kier alpha value is -3.44. The Morgan fingerprint density at radius 3 is 1.82 bits per heavy atom. The summed E-state index contributed by atoms with van der Waals surface area (Å²) in [7, 11) is 0. The average molecular weight is 917 g/mol. The van der Waals surface area contributed by atoms with E-state index in [1.807, 2.05) is 42.4 Å². The van der Waals surface area contributed by atoms with Gasteiger partial charge in [0.1, 0.15) is 17.7 Å². The van der Waals surface area contributed by atoms with E-state index in [1.165, 1.54) is 55.5 Å². The highest BCUT2D eigenvalue weighted by molar-refractivity contribution is 14.1. The van der Waals surface area contributed by atoms with E-state index in [-0.39, 0.29) is 11.6 Å². The first kappa shape index (κ1) is 35.9. The fourth-order valence-corrected chi connectivity index (χ4v) is 7.72. The fourth-order valence-electron chi connectivity index (χ4n) is 6.31. The van der Waals surface area contributed by atoms with Crippen LogP contribution in [0.1, 0.15) is 77.1 Å². The van der Waals surface area contributed by atoms with Crippen LogP contribution in [0.4, 0.5) is 8.78 Å². The second kappa shape index (κ2) is 14.9. The van der Waals surface area contributed by atoms with Gasteiger partial charge in [-0.1, -0.05) is 0 Å². The third-order valence-electron chi connectivity index (χ3n) is 9.30. The van der Waals surface area contributed by atoms with Gasteiger partial charge in [0.15, 0.2) is 0 Å². The molecule has 6 aromatic rings. The van der Waals surface area contributed by atoms with E-state index in [0.29, 0.717) is 11.6 Å². The molecule has 13 heteroatoms. The average Bonchev–Trinajstić information content (AvgIpc) is 3.92. The minimum atomic E-state index is -0.843. The number of hydrogen-bond acceptors (Lipinski definition) is 5. The molecule has 266 valence electrons. The van der Waals surface area contributed by atoms with Gasteiger partial charge in [-0.25, -0.2) is 18.1 Å². The molecular formula is C38H40F2I2N8O. The highest BCUT2D eigenvalue weighted by Gasteiger charge is 2.26. The van der Waals surface area contributed by atoms with Crippen molar-refractivity contribution < 1.29 is 13.9 Å². The van der Waals surface area contributed by atoms with E-state index in [2.05, 4.69) is 89.4 Å². The molecule has 9 nitrogen and oxygen atoms in total. The lowest BCUT2D eigenvalue weighted by atomic mass is 10.1. The topological polar surface area (TPSA) is 91.5 Å². The van der Waals surface area contributed by atoms with E-state index in [9.17, 15) is 13.9 Å². The predicted molar refractivity (Wildman–Crippen MR) is 208 cm³/mol. The number of aromatic nitrogens is 8. The van der Waals surface area contributed by atoms with Crippen molar-refractivity contribution in [1.82, 2.24) is 39.1 Å². The molecule has 1 atom stereocenters. The van der Waals surface area contributed by atoms with Crippen molar-refractivity contribution in [2.45, 2.75) is 79.0 Å². The Kier molecular flexibility index (Phi) is 10.5. The molecular weight excluding hydrogens is 876 g/mol. The van der Waals surface area contributed by atoms with E-state index in [1.54, 1.807) is 16.8 Å². The normalized spacial score (nSPS) is 14.8. The molecule has 4 aromatic heterocycles. The maximum atomic E-state index is 13.5. The van der Waals surface area contributed by atoms with Crippen LogP contribution in [-0.4, -0.2) is 44.2 Å². The van der Waals surface area contributed by atoms with Gasteiger partial charge in [0.25, 0.3) is 0 Å². The first-order chi connectivity index (χ1) is 24.4. The predicted octanol–water partition coefficient (Wildman–Crippen LogP) is 8.35. The highest BCUT2D eigenvalue weighted by Crippen LogP contribution is 2.33. The van der Waals surface area contributed by atoms with E-state index >= 15 is 0 Å². The summed E-state index contributed by atoms with van der Waals surface area (Å²) in [5, 5.41) is 29.4. The standard InChI is InChI=1S/C19H20FIN4O.C19H20FIN4/c1-11-7-18(25(22-11)17-6-5-14(20)8-16(17)21)19(26)15-10-24(23-12(15)2)9-13-3-4-13;1-12-7-17(25(22-12)19-6-5-16(20)9-18(19)21)8-15-11-24(23-13(15)2)10-14-3-4-14/h5-8,10,13,19,26H,3-4,9H2,1-2H3;5-7,9,11,14H,3-4,8,10H2,1-2H3. The Morgan fingerprint density at radius 2 is 1.24 bits per heavy atom. The molecule has 0 bridgehead atoms. The van der Waals surface area contributed by atoms with Gasteiger partial charge >= 0.3 is 0 Å². The maximum absolute atomic E-state index is 13.5. The number of nitrogens with zero attached hydrogens (tertiary/aromatic N) is 8. The van der Waals surface area contributed by atoms with Crippen LogP contribution in [0.5, 0.6) is 0 Å². The van der Waals surface area contributed by atoms with E-state index in [0.717, 1.165) is 78.0 Å². The van der Waals surface area contributed by atoms with Crippen molar-refractivity contribution >= 4 is 45.2 Å². The monoisotopic (exact) mass is 916 g/mol. The Balaban J connectivity index is 0.000000159. The minimum absolute atomic E-state index is 0.226. The van der Waals surface area contributed by atoms with Crippen LogP contribution in [0.2, 0.25) is 0 Å². The van der Waals surface area contributed by atoms with Crippen molar-refractivity contribution in [3.05, 3.63) is 125 Å². The van der Waals surface area contributed by atoms with Gasteiger partial charge in [0, 0.05) is 50.3 Å². The third-order valence-corrected chi connectivity index (χ3v) is 11.0. The lowest BCUT2D eigenvalue weighted by molar-refractivity contribution is 0.211. The highest BCUT2D eigenvalue weighted by atomic mass is 127. The number of aliphatic hydroxyl groups is 1. The lowest BCUT2D eigenvalue weighted by Gasteiger charge is -2.14. The molecule has 2 fully saturated rings. The smallest absolute Gasteiger partial charge is 0.124 e. The molecule has 4 heterocycles. The molecule has 51 heavy (non-hydrogen) atoms. The molecule has 0 saturated heterocycles. The number of rotatable bonds is 10. The first-order valence-corrected chi connectivity index (χ1v) is 19.4. The number of hydrogen-bond donors (Lipinski definition) is 1. The molecule has 0 radical (unpaired) electrons. The van der Waals surface area contributed by atoms with Gasteiger partial charge in [-0.3, -0.25) is 9.36 Å². The molecule has 8 rings (SSSR count). The molecule has 0 spiro atoms. The van der Waals surface area contributed by atoms with Crippen LogP contribution in [0.15, 0.2) is 60.9 Å². The molecule has 1 N–H and O–H groups in total. The first-order valence-electron chi connectivity index (χ1n) is 17.2. The SMILES string of the molecule is Cc1cc(C(O)c2cn(CC3CC3)nc2C)n(-c2ccc(F)cc2I)n1.Cc1cc(Cc2cn(CC3CC3)nc2C)n(-c2ccc(F)cc2I)n1. The number of benzene rings is 2.